The monoisotopic (exact) mass is 719 g/mol. The number of carbonyl (C=O) groups excluding carboxylic acids is 1. The van der Waals surface area contributed by atoms with Crippen molar-refractivity contribution < 1.29 is 48.9 Å². The van der Waals surface area contributed by atoms with E-state index in [-0.39, 0.29) is 48.2 Å². The third-order valence-electron chi connectivity index (χ3n) is 12.0. The SMILES string of the molecule is COc1cc2c(cc1O)CCN[C@]21CSC2c3c(O)c(C)c4c(c3C(COC1=O)N1C(O)C3Cc5cc(C)c(OC)c(O)c5C(C21)N3C)OCO4. The number of piperazine rings is 1. The molecule has 0 radical (unpaired) electrons. The van der Waals surface area contributed by atoms with Crippen LogP contribution in [0.1, 0.15) is 61.8 Å². The molecule has 270 valence electrons. The number of aliphatic hydroxyl groups excluding tert-OH is 1. The Morgan fingerprint density at radius 3 is 2.53 bits per heavy atom. The zero-order valence-electron chi connectivity index (χ0n) is 29.0. The highest BCUT2D eigenvalue weighted by Gasteiger charge is 2.61. The number of nitrogens with zero attached hydrogens (tertiary/aromatic N) is 2. The normalized spacial score (nSPS) is 30.6. The Hall–Kier alpha value is -4.08. The number of esters is 1. The number of methoxy groups -OCH3 is 2. The van der Waals surface area contributed by atoms with Crippen molar-refractivity contribution in [1.29, 1.82) is 0 Å². The Kier molecular flexibility index (Phi) is 7.37. The molecule has 13 nitrogen and oxygen atoms in total. The molecule has 7 heterocycles. The van der Waals surface area contributed by atoms with Crippen LogP contribution in [0.3, 0.4) is 0 Å². The fraction of sp³-hybridized carbons (Fsp3) is 0.486. The molecule has 6 unspecified atom stereocenters. The van der Waals surface area contributed by atoms with Crippen LogP contribution in [0.4, 0.5) is 0 Å². The summed E-state index contributed by atoms with van der Waals surface area (Å²) in [6.07, 6.45) is 0.0426. The largest absolute Gasteiger partial charge is 0.507 e. The van der Waals surface area contributed by atoms with E-state index in [1.165, 1.54) is 18.9 Å². The van der Waals surface area contributed by atoms with E-state index in [9.17, 15) is 25.2 Å². The molecular formula is C37H41N3O10S. The number of nitrogens with one attached hydrogen (secondary N) is 1. The van der Waals surface area contributed by atoms with Gasteiger partial charge in [-0.15, -0.1) is 11.8 Å². The molecule has 0 saturated carbocycles. The molecular weight excluding hydrogens is 678 g/mol. The summed E-state index contributed by atoms with van der Waals surface area (Å²) in [7, 11) is 4.97. The molecule has 3 aromatic carbocycles. The summed E-state index contributed by atoms with van der Waals surface area (Å²) in [5.74, 6) is 1.32. The summed E-state index contributed by atoms with van der Waals surface area (Å²) in [6.45, 7) is 3.96. The van der Waals surface area contributed by atoms with Crippen LogP contribution in [0.15, 0.2) is 18.2 Å². The van der Waals surface area contributed by atoms with Gasteiger partial charge in [-0.3, -0.25) is 15.1 Å². The van der Waals surface area contributed by atoms with Crippen LogP contribution >= 0.6 is 11.8 Å². The minimum absolute atomic E-state index is 0.00972. The van der Waals surface area contributed by atoms with Crippen molar-refractivity contribution in [3.63, 3.8) is 0 Å². The second-order valence-corrected chi connectivity index (χ2v) is 15.5. The van der Waals surface area contributed by atoms with E-state index in [1.54, 1.807) is 26.2 Å². The lowest BCUT2D eigenvalue weighted by atomic mass is 9.73. The fourth-order valence-electron chi connectivity index (χ4n) is 9.74. The van der Waals surface area contributed by atoms with Crippen LogP contribution in [0.5, 0.6) is 40.2 Å². The lowest BCUT2D eigenvalue weighted by Gasteiger charge is -2.62. The van der Waals surface area contributed by atoms with E-state index < -0.39 is 41.1 Å². The van der Waals surface area contributed by atoms with Gasteiger partial charge in [-0.2, -0.15) is 0 Å². The van der Waals surface area contributed by atoms with E-state index in [2.05, 4.69) is 10.2 Å². The highest BCUT2D eigenvalue weighted by Crippen LogP contribution is 2.64. The average Bonchev–Trinajstić information content (AvgIpc) is 3.60. The Morgan fingerprint density at radius 1 is 0.980 bits per heavy atom. The van der Waals surface area contributed by atoms with Crippen molar-refractivity contribution in [2.24, 2.45) is 0 Å². The highest BCUT2D eigenvalue weighted by atomic mass is 32.2. The molecule has 2 saturated heterocycles. The number of fused-ring (bicyclic) bond motifs is 9. The van der Waals surface area contributed by atoms with Crippen LogP contribution in [-0.4, -0.2) is 101 Å². The molecule has 14 heteroatoms. The molecule has 7 atom stereocenters. The quantitative estimate of drug-likeness (QED) is 0.246. The number of aliphatic hydroxyl groups is 1. The van der Waals surface area contributed by atoms with Crippen molar-refractivity contribution >= 4 is 17.7 Å². The molecule has 5 N–H and O–H groups in total. The number of carbonyl (C=O) groups is 1. The maximum absolute atomic E-state index is 14.6. The number of benzene rings is 3. The van der Waals surface area contributed by atoms with Gasteiger partial charge in [0.1, 0.15) is 18.6 Å². The lowest BCUT2D eigenvalue weighted by molar-refractivity contribution is -0.186. The third-order valence-corrected chi connectivity index (χ3v) is 13.5. The molecule has 7 aliphatic rings. The molecule has 1 spiro atoms. The zero-order chi connectivity index (χ0) is 35.7. The van der Waals surface area contributed by atoms with E-state index in [1.807, 2.05) is 24.9 Å². The number of phenolic OH excluding ortho intramolecular Hbond substituents is 3. The van der Waals surface area contributed by atoms with Crippen LogP contribution in [0.25, 0.3) is 0 Å². The van der Waals surface area contributed by atoms with Crippen molar-refractivity contribution in [2.45, 2.75) is 67.9 Å². The first-order valence-electron chi connectivity index (χ1n) is 17.2. The molecule has 7 aliphatic heterocycles. The zero-order valence-corrected chi connectivity index (χ0v) is 29.8. The van der Waals surface area contributed by atoms with E-state index >= 15 is 0 Å². The van der Waals surface area contributed by atoms with Crippen molar-refractivity contribution in [3.05, 3.63) is 62.7 Å². The minimum atomic E-state index is -1.32. The van der Waals surface area contributed by atoms with Gasteiger partial charge in [0.2, 0.25) is 6.79 Å². The van der Waals surface area contributed by atoms with Gasteiger partial charge in [0, 0.05) is 40.6 Å². The number of hydrogen-bond donors (Lipinski definition) is 5. The van der Waals surface area contributed by atoms with Gasteiger partial charge in [0.05, 0.1) is 37.6 Å². The Balaban J connectivity index is 1.29. The lowest BCUT2D eigenvalue weighted by Crippen LogP contribution is -2.70. The topological polar surface area (TPSA) is 163 Å². The Labute approximate surface area is 299 Å². The molecule has 3 aromatic rings. The maximum Gasteiger partial charge on any atom is 0.331 e. The Morgan fingerprint density at radius 2 is 1.76 bits per heavy atom. The molecule has 0 amide bonds. The first kappa shape index (κ1) is 32.8. The summed E-state index contributed by atoms with van der Waals surface area (Å²) in [5, 5.41) is 50.1. The molecule has 10 rings (SSSR count). The van der Waals surface area contributed by atoms with Gasteiger partial charge >= 0.3 is 5.97 Å². The van der Waals surface area contributed by atoms with Gasteiger partial charge in [0.25, 0.3) is 0 Å². The Bertz CT molecular complexity index is 2010. The first-order valence-corrected chi connectivity index (χ1v) is 18.2. The number of phenols is 3. The summed E-state index contributed by atoms with van der Waals surface area (Å²) in [6, 6.07) is 3.30. The van der Waals surface area contributed by atoms with Gasteiger partial charge in [0.15, 0.2) is 40.0 Å². The minimum Gasteiger partial charge on any atom is -0.507 e. The van der Waals surface area contributed by atoms with Crippen LogP contribution in [0.2, 0.25) is 0 Å². The number of likely N-dealkylation sites (N-methyl/N-ethyl adjacent to an activating group) is 1. The standard InChI is InChI=1S/C37H41N3O10S/c1-15-8-18-9-20-35(44)40-21-12-48-36(45)37(19-11-23(46-4)22(41)10-17(19)6-7-38-37)13-51-34(26-25(21)33-32(49-14-50-33)16(2)29(26)42)28(40)27(39(20)3)24(18)30(43)31(15)47-5/h8,10-11,20-21,27-28,34-35,38,41-44H,6-7,9,12-14H2,1-5H3/t20?,21?,27?,28?,34?,35?,37-/m1/s1. The van der Waals surface area contributed by atoms with Crippen LogP contribution in [-0.2, 0) is 27.9 Å². The number of thioether (sulfide) groups is 1. The molecule has 0 aliphatic carbocycles. The van der Waals surface area contributed by atoms with Crippen molar-refractivity contribution in [3.8, 4) is 40.2 Å². The predicted molar refractivity (Wildman–Crippen MR) is 185 cm³/mol. The second kappa shape index (κ2) is 11.5. The first-order chi connectivity index (χ1) is 24.5. The van der Waals surface area contributed by atoms with Crippen molar-refractivity contribution in [1.82, 2.24) is 15.1 Å². The smallest absolute Gasteiger partial charge is 0.331 e. The van der Waals surface area contributed by atoms with E-state index in [0.29, 0.717) is 64.5 Å². The third kappa shape index (κ3) is 4.28. The number of aryl methyl sites for hydroxylation is 1. The predicted octanol–water partition coefficient (Wildman–Crippen LogP) is 3.19. The second-order valence-electron chi connectivity index (χ2n) is 14.4. The number of aromatic hydroxyl groups is 3. The summed E-state index contributed by atoms with van der Waals surface area (Å²) >= 11 is 1.47. The number of ether oxygens (including phenoxy) is 5. The molecule has 0 aromatic heterocycles. The molecule has 51 heavy (non-hydrogen) atoms. The van der Waals surface area contributed by atoms with Gasteiger partial charge < -0.3 is 44.1 Å². The maximum atomic E-state index is 14.6. The van der Waals surface area contributed by atoms with Gasteiger partial charge in [-0.05, 0) is 68.1 Å². The highest BCUT2D eigenvalue weighted by molar-refractivity contribution is 7.99. The molecule has 2 fully saturated rings. The molecule has 4 bridgehead atoms. The van der Waals surface area contributed by atoms with Crippen LogP contribution < -0.4 is 24.3 Å². The van der Waals surface area contributed by atoms with Crippen molar-refractivity contribution in [2.75, 3.05) is 47.0 Å². The van der Waals surface area contributed by atoms with Gasteiger partial charge in [-0.1, -0.05) is 6.07 Å². The summed E-state index contributed by atoms with van der Waals surface area (Å²) in [5.41, 5.74) is 4.38. The van der Waals surface area contributed by atoms with Crippen LogP contribution in [0, 0.1) is 13.8 Å². The van der Waals surface area contributed by atoms with E-state index in [0.717, 1.165) is 16.7 Å². The van der Waals surface area contributed by atoms with E-state index in [4.69, 9.17) is 23.7 Å². The number of rotatable bonds is 2. The average molecular weight is 720 g/mol. The number of hydrogen-bond acceptors (Lipinski definition) is 14. The summed E-state index contributed by atoms with van der Waals surface area (Å²) in [4.78, 5) is 18.7. The fourth-order valence-corrected chi connectivity index (χ4v) is 11.4. The van der Waals surface area contributed by atoms with Gasteiger partial charge in [-0.25, -0.2) is 4.79 Å². The summed E-state index contributed by atoms with van der Waals surface area (Å²) < 4.78 is 29.5.